The molecule has 0 aliphatic heterocycles. The first kappa shape index (κ1) is 16.0. The van der Waals surface area contributed by atoms with Gasteiger partial charge in [-0.3, -0.25) is 4.79 Å². The van der Waals surface area contributed by atoms with Crippen molar-refractivity contribution < 1.29 is 13.9 Å². The Labute approximate surface area is 118 Å². The molecule has 0 fully saturated rings. The number of nitrogens with zero attached hydrogens (tertiary/aromatic N) is 1. The van der Waals surface area contributed by atoms with Crippen LogP contribution in [0.1, 0.15) is 39.7 Å². The fourth-order valence-corrected chi connectivity index (χ4v) is 1.43. The number of nitriles is 1. The van der Waals surface area contributed by atoms with Gasteiger partial charge in [-0.05, 0) is 45.4 Å². The van der Waals surface area contributed by atoms with E-state index in [0.717, 1.165) is 12.5 Å². The SMILES string of the molecule is CCC(C)(C)NC(=O)C(C)Oc1ccc(C#N)cc1F. The van der Waals surface area contributed by atoms with E-state index >= 15 is 0 Å². The molecule has 1 atom stereocenters. The van der Waals surface area contributed by atoms with Crippen LogP contribution in [0.4, 0.5) is 4.39 Å². The molecule has 1 N–H and O–H groups in total. The van der Waals surface area contributed by atoms with Gasteiger partial charge in [0, 0.05) is 5.54 Å². The predicted molar refractivity (Wildman–Crippen MR) is 73.7 cm³/mol. The van der Waals surface area contributed by atoms with Crippen LogP contribution in [0.25, 0.3) is 0 Å². The van der Waals surface area contributed by atoms with E-state index < -0.39 is 11.9 Å². The van der Waals surface area contributed by atoms with Crippen molar-refractivity contribution in [3.63, 3.8) is 0 Å². The number of benzene rings is 1. The standard InChI is InChI=1S/C15H19FN2O2/c1-5-15(3,4)18-14(19)10(2)20-13-7-6-11(9-17)8-12(13)16/h6-8,10H,5H2,1-4H3,(H,18,19). The van der Waals surface area contributed by atoms with E-state index in [1.54, 1.807) is 6.92 Å². The molecule has 4 nitrogen and oxygen atoms in total. The summed E-state index contributed by atoms with van der Waals surface area (Å²) in [5.74, 6) is -1.000. The minimum absolute atomic E-state index is 0.0408. The zero-order valence-corrected chi connectivity index (χ0v) is 12.2. The van der Waals surface area contributed by atoms with E-state index in [1.165, 1.54) is 12.1 Å². The molecule has 0 radical (unpaired) electrons. The lowest BCUT2D eigenvalue weighted by Crippen LogP contribution is -2.48. The number of rotatable bonds is 5. The summed E-state index contributed by atoms with van der Waals surface area (Å²) in [5.41, 5.74) is -0.128. The molecule has 1 aromatic rings. The normalized spacial score (nSPS) is 12.4. The van der Waals surface area contributed by atoms with Gasteiger partial charge in [0.05, 0.1) is 11.6 Å². The number of halogens is 1. The summed E-state index contributed by atoms with van der Waals surface area (Å²) < 4.78 is 19.0. The van der Waals surface area contributed by atoms with Crippen LogP contribution in [-0.2, 0) is 4.79 Å². The highest BCUT2D eigenvalue weighted by atomic mass is 19.1. The van der Waals surface area contributed by atoms with Crippen LogP contribution in [0.3, 0.4) is 0 Å². The van der Waals surface area contributed by atoms with Crippen LogP contribution in [0.5, 0.6) is 5.75 Å². The summed E-state index contributed by atoms with van der Waals surface area (Å²) in [4.78, 5) is 11.9. The monoisotopic (exact) mass is 278 g/mol. The summed E-state index contributed by atoms with van der Waals surface area (Å²) in [6, 6.07) is 5.71. The number of ether oxygens (including phenoxy) is 1. The first-order chi connectivity index (χ1) is 9.29. The Morgan fingerprint density at radius 1 is 1.55 bits per heavy atom. The van der Waals surface area contributed by atoms with E-state index in [9.17, 15) is 9.18 Å². The summed E-state index contributed by atoms with van der Waals surface area (Å²) in [7, 11) is 0. The summed E-state index contributed by atoms with van der Waals surface area (Å²) in [6.07, 6.45) is -0.0419. The van der Waals surface area contributed by atoms with E-state index in [2.05, 4.69) is 5.32 Å². The highest BCUT2D eigenvalue weighted by Crippen LogP contribution is 2.19. The summed E-state index contributed by atoms with van der Waals surface area (Å²) in [5, 5.41) is 11.5. The fourth-order valence-electron chi connectivity index (χ4n) is 1.43. The van der Waals surface area contributed by atoms with Gasteiger partial charge in [-0.1, -0.05) is 6.92 Å². The van der Waals surface area contributed by atoms with Gasteiger partial charge in [0.2, 0.25) is 0 Å². The first-order valence-corrected chi connectivity index (χ1v) is 6.47. The lowest BCUT2D eigenvalue weighted by atomic mass is 10.0. The van der Waals surface area contributed by atoms with Crippen molar-refractivity contribution in [1.29, 1.82) is 5.26 Å². The van der Waals surface area contributed by atoms with Gasteiger partial charge < -0.3 is 10.1 Å². The molecule has 1 rings (SSSR count). The van der Waals surface area contributed by atoms with E-state index in [4.69, 9.17) is 10.00 Å². The van der Waals surface area contributed by atoms with Gasteiger partial charge in [-0.15, -0.1) is 0 Å². The first-order valence-electron chi connectivity index (χ1n) is 6.47. The number of carbonyl (C=O) groups is 1. The van der Waals surface area contributed by atoms with Crippen molar-refractivity contribution in [3.8, 4) is 11.8 Å². The third-order valence-electron chi connectivity index (χ3n) is 3.08. The van der Waals surface area contributed by atoms with Crippen molar-refractivity contribution >= 4 is 5.91 Å². The molecule has 108 valence electrons. The highest BCUT2D eigenvalue weighted by molar-refractivity contribution is 5.81. The molecule has 0 bridgehead atoms. The fraction of sp³-hybridized carbons (Fsp3) is 0.467. The quantitative estimate of drug-likeness (QED) is 0.900. The molecule has 0 aliphatic rings. The molecular formula is C15H19FN2O2. The molecular weight excluding hydrogens is 259 g/mol. The zero-order chi connectivity index (χ0) is 15.3. The molecule has 1 aromatic carbocycles. The maximum atomic E-state index is 13.7. The second kappa shape index (κ2) is 6.38. The van der Waals surface area contributed by atoms with Gasteiger partial charge in [0.15, 0.2) is 17.7 Å². The van der Waals surface area contributed by atoms with Gasteiger partial charge >= 0.3 is 0 Å². The zero-order valence-electron chi connectivity index (χ0n) is 12.2. The maximum absolute atomic E-state index is 13.7. The third kappa shape index (κ3) is 4.23. The molecule has 0 heterocycles. The molecule has 0 aliphatic carbocycles. The maximum Gasteiger partial charge on any atom is 0.261 e. The third-order valence-corrected chi connectivity index (χ3v) is 3.08. The van der Waals surface area contributed by atoms with Crippen LogP contribution in [0.2, 0.25) is 0 Å². The molecule has 1 unspecified atom stereocenters. The Morgan fingerprint density at radius 2 is 2.20 bits per heavy atom. The lowest BCUT2D eigenvalue weighted by Gasteiger charge is -2.26. The number of nitrogens with one attached hydrogen (secondary N) is 1. The van der Waals surface area contributed by atoms with Crippen molar-refractivity contribution in [2.45, 2.75) is 45.8 Å². The van der Waals surface area contributed by atoms with Crippen LogP contribution < -0.4 is 10.1 Å². The van der Waals surface area contributed by atoms with Gasteiger partial charge in [-0.25, -0.2) is 4.39 Å². The topological polar surface area (TPSA) is 62.1 Å². The molecule has 5 heteroatoms. The molecule has 0 aromatic heterocycles. The molecule has 1 amide bonds. The number of hydrogen-bond donors (Lipinski definition) is 1. The van der Waals surface area contributed by atoms with Crippen LogP contribution in [0.15, 0.2) is 18.2 Å². The van der Waals surface area contributed by atoms with Crippen LogP contribution >= 0.6 is 0 Å². The minimum Gasteiger partial charge on any atom is -0.478 e. The molecule has 0 saturated heterocycles. The van der Waals surface area contributed by atoms with Crippen molar-refractivity contribution in [2.75, 3.05) is 0 Å². The Balaban J connectivity index is 2.74. The van der Waals surface area contributed by atoms with Gasteiger partial charge in [0.25, 0.3) is 5.91 Å². The average Bonchev–Trinajstić information content (AvgIpc) is 2.40. The van der Waals surface area contributed by atoms with Gasteiger partial charge in [0.1, 0.15) is 0 Å². The predicted octanol–water partition coefficient (Wildman–Crippen LogP) is 2.77. The van der Waals surface area contributed by atoms with Crippen LogP contribution in [-0.4, -0.2) is 17.6 Å². The van der Waals surface area contributed by atoms with Crippen molar-refractivity contribution in [3.05, 3.63) is 29.6 Å². The van der Waals surface area contributed by atoms with E-state index in [0.29, 0.717) is 0 Å². The van der Waals surface area contributed by atoms with Crippen LogP contribution in [0, 0.1) is 17.1 Å². The molecule has 0 saturated carbocycles. The molecule has 20 heavy (non-hydrogen) atoms. The second-order valence-electron chi connectivity index (χ2n) is 5.24. The Kier molecular flexibility index (Phi) is 5.09. The highest BCUT2D eigenvalue weighted by Gasteiger charge is 2.23. The summed E-state index contributed by atoms with van der Waals surface area (Å²) >= 11 is 0. The van der Waals surface area contributed by atoms with Gasteiger partial charge in [-0.2, -0.15) is 5.26 Å². The number of carbonyl (C=O) groups excluding carboxylic acids is 1. The van der Waals surface area contributed by atoms with Crippen molar-refractivity contribution in [1.82, 2.24) is 5.32 Å². The largest absolute Gasteiger partial charge is 0.478 e. The second-order valence-corrected chi connectivity index (χ2v) is 5.24. The molecule has 0 spiro atoms. The number of hydrogen-bond acceptors (Lipinski definition) is 3. The average molecular weight is 278 g/mol. The Bertz CT molecular complexity index is 535. The number of amides is 1. The van der Waals surface area contributed by atoms with Crippen molar-refractivity contribution in [2.24, 2.45) is 0 Å². The van der Waals surface area contributed by atoms with E-state index in [-0.39, 0.29) is 22.8 Å². The Morgan fingerprint density at radius 3 is 2.70 bits per heavy atom. The summed E-state index contributed by atoms with van der Waals surface area (Å²) in [6.45, 7) is 7.32. The Hall–Kier alpha value is -2.09. The van der Waals surface area contributed by atoms with E-state index in [1.807, 2.05) is 26.8 Å². The lowest BCUT2D eigenvalue weighted by molar-refractivity contribution is -0.129. The minimum atomic E-state index is -0.816. The smallest absolute Gasteiger partial charge is 0.261 e.